The monoisotopic (exact) mass is 387 g/mol. The van der Waals surface area contributed by atoms with E-state index < -0.39 is 5.76 Å². The Bertz CT molecular complexity index is 1410. The molecule has 3 aromatic heterocycles. The van der Waals surface area contributed by atoms with Crippen LogP contribution in [0.1, 0.15) is 11.3 Å². The zero-order chi connectivity index (χ0) is 20.0. The lowest BCUT2D eigenvalue weighted by Crippen LogP contribution is -2.02. The van der Waals surface area contributed by atoms with Crippen LogP contribution in [0.5, 0.6) is 0 Å². The summed E-state index contributed by atoms with van der Waals surface area (Å²) < 4.78 is 5.03. The Morgan fingerprint density at radius 1 is 1.00 bits per heavy atom. The first-order valence-corrected chi connectivity index (χ1v) is 9.00. The maximum Gasteiger partial charge on any atom is 0.417 e. The van der Waals surface area contributed by atoms with E-state index in [4.69, 9.17) is 4.42 Å². The Morgan fingerprint density at radius 2 is 1.79 bits per heavy atom. The molecule has 5 aromatic rings. The summed E-state index contributed by atoms with van der Waals surface area (Å²) in [5.74, 6) is 0.643. The molecule has 9 nitrogen and oxygen atoms in total. The van der Waals surface area contributed by atoms with Crippen molar-refractivity contribution in [3.05, 3.63) is 64.4 Å². The lowest BCUT2D eigenvalue weighted by Gasteiger charge is -2.11. The highest BCUT2D eigenvalue weighted by Gasteiger charge is 2.08. The van der Waals surface area contributed by atoms with Gasteiger partial charge in [0, 0.05) is 28.5 Å². The zero-order valence-corrected chi connectivity index (χ0v) is 15.7. The average molecular weight is 387 g/mol. The molecule has 144 valence electrons. The highest BCUT2D eigenvalue weighted by molar-refractivity contribution is 5.85. The Balaban J connectivity index is 1.43. The standard InChI is InChI=1S/C20H17N7O2/c1-10-9-21-19(23-13-3-5-14-11(2)26-27-15(14)7-13)25-18(10)22-12-4-6-17-16(8-12)24-20(28)29-17/h3-9H,1-2H3,(H,24,28)(H,26,27)(H2,21,22,23,25). The molecule has 0 fully saturated rings. The Morgan fingerprint density at radius 3 is 2.69 bits per heavy atom. The fourth-order valence-corrected chi connectivity index (χ4v) is 3.16. The highest BCUT2D eigenvalue weighted by Crippen LogP contribution is 2.25. The van der Waals surface area contributed by atoms with Crippen LogP contribution in [0.2, 0.25) is 0 Å². The quantitative estimate of drug-likeness (QED) is 0.369. The second-order valence-electron chi connectivity index (χ2n) is 6.77. The van der Waals surface area contributed by atoms with Crippen molar-refractivity contribution in [1.82, 2.24) is 25.1 Å². The summed E-state index contributed by atoms with van der Waals surface area (Å²) in [5.41, 5.74) is 5.54. The van der Waals surface area contributed by atoms with Gasteiger partial charge in [-0.15, -0.1) is 0 Å². The minimum atomic E-state index is -0.480. The first-order chi connectivity index (χ1) is 14.0. The number of hydrogen-bond acceptors (Lipinski definition) is 7. The molecule has 0 atom stereocenters. The molecular formula is C20H17N7O2. The van der Waals surface area contributed by atoms with Crippen LogP contribution >= 0.6 is 0 Å². The Labute approximate surface area is 164 Å². The van der Waals surface area contributed by atoms with E-state index in [1.54, 1.807) is 18.3 Å². The molecule has 5 rings (SSSR count). The number of H-pyrrole nitrogens is 2. The molecule has 2 aromatic carbocycles. The van der Waals surface area contributed by atoms with Gasteiger partial charge in [-0.3, -0.25) is 10.1 Å². The number of anilines is 4. The summed E-state index contributed by atoms with van der Waals surface area (Å²) in [6.45, 7) is 3.88. The van der Waals surface area contributed by atoms with Crippen molar-refractivity contribution >= 4 is 45.1 Å². The molecule has 0 saturated carbocycles. The summed E-state index contributed by atoms with van der Waals surface area (Å²) in [6.07, 6.45) is 1.74. The molecule has 0 aliphatic heterocycles. The number of nitrogens with zero attached hydrogens (tertiary/aromatic N) is 3. The van der Waals surface area contributed by atoms with Gasteiger partial charge in [0.15, 0.2) is 5.58 Å². The molecule has 0 radical (unpaired) electrons. The SMILES string of the molecule is Cc1cnc(Nc2ccc3c(C)n[nH]c3c2)nc1Nc1ccc2oc(=O)[nH]c2c1. The molecule has 3 heterocycles. The normalized spacial score (nSPS) is 11.2. The third kappa shape index (κ3) is 3.18. The molecule has 0 aliphatic carbocycles. The molecule has 4 N–H and O–H groups in total. The van der Waals surface area contributed by atoms with Crippen molar-refractivity contribution in [1.29, 1.82) is 0 Å². The molecule has 0 spiro atoms. The summed E-state index contributed by atoms with van der Waals surface area (Å²) in [7, 11) is 0. The van der Waals surface area contributed by atoms with Gasteiger partial charge < -0.3 is 15.1 Å². The number of hydrogen-bond donors (Lipinski definition) is 4. The van der Waals surface area contributed by atoms with E-state index in [0.717, 1.165) is 33.5 Å². The van der Waals surface area contributed by atoms with Gasteiger partial charge in [0.05, 0.1) is 16.7 Å². The molecule has 0 aliphatic rings. The third-order valence-electron chi connectivity index (χ3n) is 4.66. The average Bonchev–Trinajstić information content (AvgIpc) is 3.25. The maximum atomic E-state index is 11.3. The van der Waals surface area contributed by atoms with Crippen LogP contribution in [0.15, 0.2) is 51.8 Å². The van der Waals surface area contributed by atoms with Crippen molar-refractivity contribution in [2.45, 2.75) is 13.8 Å². The van der Waals surface area contributed by atoms with Crippen LogP contribution < -0.4 is 16.4 Å². The predicted octanol–water partition coefficient (Wildman–Crippen LogP) is 3.89. The number of aromatic nitrogens is 5. The number of benzene rings is 2. The van der Waals surface area contributed by atoms with Crippen LogP contribution in [0, 0.1) is 13.8 Å². The zero-order valence-electron chi connectivity index (χ0n) is 15.7. The van der Waals surface area contributed by atoms with Crippen molar-refractivity contribution < 1.29 is 4.42 Å². The van der Waals surface area contributed by atoms with Crippen LogP contribution in [-0.2, 0) is 0 Å². The van der Waals surface area contributed by atoms with E-state index in [2.05, 4.69) is 35.8 Å². The van der Waals surface area contributed by atoms with Crippen molar-refractivity contribution in [3.63, 3.8) is 0 Å². The van der Waals surface area contributed by atoms with Gasteiger partial charge in [-0.1, -0.05) is 0 Å². The van der Waals surface area contributed by atoms with Gasteiger partial charge in [0.1, 0.15) is 5.82 Å². The van der Waals surface area contributed by atoms with E-state index in [1.807, 2.05) is 38.1 Å². The molecule has 0 bridgehead atoms. The minimum Gasteiger partial charge on any atom is -0.408 e. The van der Waals surface area contributed by atoms with Gasteiger partial charge >= 0.3 is 5.76 Å². The smallest absolute Gasteiger partial charge is 0.408 e. The van der Waals surface area contributed by atoms with Crippen LogP contribution in [-0.4, -0.2) is 25.1 Å². The molecule has 29 heavy (non-hydrogen) atoms. The number of fused-ring (bicyclic) bond motifs is 2. The molecule has 9 heteroatoms. The van der Waals surface area contributed by atoms with Crippen molar-refractivity contribution in [2.75, 3.05) is 10.6 Å². The van der Waals surface area contributed by atoms with Crippen LogP contribution in [0.3, 0.4) is 0 Å². The Hall–Kier alpha value is -4.14. The first kappa shape index (κ1) is 17.0. The minimum absolute atomic E-state index is 0.464. The van der Waals surface area contributed by atoms with E-state index in [1.165, 1.54) is 0 Å². The van der Waals surface area contributed by atoms with E-state index >= 15 is 0 Å². The lowest BCUT2D eigenvalue weighted by atomic mass is 10.2. The fraction of sp³-hybridized carbons (Fsp3) is 0.100. The van der Waals surface area contributed by atoms with Gasteiger partial charge in [0.25, 0.3) is 0 Å². The first-order valence-electron chi connectivity index (χ1n) is 9.00. The second-order valence-corrected chi connectivity index (χ2v) is 6.77. The summed E-state index contributed by atoms with van der Waals surface area (Å²) in [6, 6.07) is 11.3. The Kier molecular flexibility index (Phi) is 3.80. The number of rotatable bonds is 4. The summed E-state index contributed by atoms with van der Waals surface area (Å²) in [4.78, 5) is 22.9. The predicted molar refractivity (Wildman–Crippen MR) is 111 cm³/mol. The third-order valence-corrected chi connectivity index (χ3v) is 4.66. The number of aromatic amines is 2. The van der Waals surface area contributed by atoms with E-state index in [9.17, 15) is 4.79 Å². The van der Waals surface area contributed by atoms with Gasteiger partial charge in [-0.2, -0.15) is 10.1 Å². The van der Waals surface area contributed by atoms with Crippen LogP contribution in [0.4, 0.5) is 23.1 Å². The maximum absolute atomic E-state index is 11.3. The van der Waals surface area contributed by atoms with E-state index in [0.29, 0.717) is 22.9 Å². The highest BCUT2D eigenvalue weighted by atomic mass is 16.4. The van der Waals surface area contributed by atoms with Gasteiger partial charge in [-0.05, 0) is 50.2 Å². The number of oxazole rings is 1. The summed E-state index contributed by atoms with van der Waals surface area (Å²) in [5, 5.41) is 14.8. The van der Waals surface area contributed by atoms with Crippen molar-refractivity contribution in [3.8, 4) is 0 Å². The molecule has 0 unspecified atom stereocenters. The largest absolute Gasteiger partial charge is 0.417 e. The van der Waals surface area contributed by atoms with E-state index in [-0.39, 0.29) is 0 Å². The molecular weight excluding hydrogens is 370 g/mol. The molecule has 0 saturated heterocycles. The fourth-order valence-electron chi connectivity index (χ4n) is 3.16. The lowest BCUT2D eigenvalue weighted by molar-refractivity contribution is 0.555. The number of aryl methyl sites for hydroxylation is 2. The number of nitrogens with one attached hydrogen (secondary N) is 4. The van der Waals surface area contributed by atoms with Crippen molar-refractivity contribution in [2.24, 2.45) is 0 Å². The molecule has 0 amide bonds. The van der Waals surface area contributed by atoms with Gasteiger partial charge in [-0.25, -0.2) is 9.78 Å². The second kappa shape index (κ2) is 6.48. The summed E-state index contributed by atoms with van der Waals surface area (Å²) >= 11 is 0. The van der Waals surface area contributed by atoms with Gasteiger partial charge in [0.2, 0.25) is 5.95 Å². The topological polar surface area (TPSA) is 125 Å². The van der Waals surface area contributed by atoms with Crippen LogP contribution in [0.25, 0.3) is 22.0 Å².